The van der Waals surface area contributed by atoms with Crippen LogP contribution in [0.1, 0.15) is 51.0 Å². The lowest BCUT2D eigenvalue weighted by Gasteiger charge is -2.37. The molecule has 1 saturated heterocycles. The highest BCUT2D eigenvalue weighted by Crippen LogP contribution is 2.42. The highest BCUT2D eigenvalue weighted by Gasteiger charge is 2.35. The van der Waals surface area contributed by atoms with E-state index in [1.165, 1.54) is 24.8 Å². The smallest absolute Gasteiger partial charge is 0.191 e. The average Bonchev–Trinajstić information content (AvgIpc) is 3.10. The van der Waals surface area contributed by atoms with Crippen LogP contribution in [0.4, 0.5) is 0 Å². The first kappa shape index (κ1) is 22.7. The van der Waals surface area contributed by atoms with Crippen molar-refractivity contribution < 1.29 is 17.9 Å². The Morgan fingerprint density at radius 2 is 1.90 bits per heavy atom. The Labute approximate surface area is 180 Å². The highest BCUT2D eigenvalue weighted by molar-refractivity contribution is 7.91. The predicted octanol–water partition coefficient (Wildman–Crippen LogP) is 2.65. The number of sulfone groups is 1. The molecule has 168 valence electrons. The number of ether oxygens (including phenoxy) is 2. The minimum Gasteiger partial charge on any atom is -0.493 e. The van der Waals surface area contributed by atoms with Gasteiger partial charge in [0.1, 0.15) is 0 Å². The molecule has 0 spiro atoms. The van der Waals surface area contributed by atoms with Crippen molar-refractivity contribution in [1.29, 1.82) is 0 Å². The molecular formula is C22H35N3O4S. The maximum absolute atomic E-state index is 11.8. The number of rotatable bonds is 7. The fourth-order valence-corrected chi connectivity index (χ4v) is 6.26. The van der Waals surface area contributed by atoms with Crippen molar-refractivity contribution in [3.63, 3.8) is 0 Å². The van der Waals surface area contributed by atoms with Crippen LogP contribution in [0.25, 0.3) is 0 Å². The Morgan fingerprint density at radius 3 is 2.50 bits per heavy atom. The van der Waals surface area contributed by atoms with Gasteiger partial charge in [-0.1, -0.05) is 25.3 Å². The number of methoxy groups -OCH3 is 2. The topological polar surface area (TPSA) is 89.0 Å². The molecule has 1 aromatic rings. The Balaban J connectivity index is 1.84. The van der Waals surface area contributed by atoms with Gasteiger partial charge < -0.3 is 20.1 Å². The summed E-state index contributed by atoms with van der Waals surface area (Å²) in [6.07, 6.45) is 6.38. The molecular weight excluding hydrogens is 402 g/mol. The van der Waals surface area contributed by atoms with Crippen molar-refractivity contribution in [3.8, 4) is 11.5 Å². The molecule has 1 atom stereocenters. The zero-order chi connectivity index (χ0) is 21.6. The molecule has 3 rings (SSSR count). The minimum absolute atomic E-state index is 0.0537. The number of benzene rings is 1. The van der Waals surface area contributed by atoms with Gasteiger partial charge in [-0.3, -0.25) is 4.99 Å². The SMILES string of the molecule is CCNC(=NCC1(c2ccc(OC)c(OC)c2)CCCCC1)NC1CCS(=O)(=O)C1. The largest absolute Gasteiger partial charge is 0.493 e. The van der Waals surface area contributed by atoms with Crippen LogP contribution in [-0.2, 0) is 15.3 Å². The Hall–Kier alpha value is -1.96. The minimum atomic E-state index is -2.93. The van der Waals surface area contributed by atoms with Crippen molar-refractivity contribution in [3.05, 3.63) is 23.8 Å². The fourth-order valence-electron chi connectivity index (χ4n) is 4.59. The Kier molecular flexibility index (Phi) is 7.50. The van der Waals surface area contributed by atoms with Crippen LogP contribution in [0.3, 0.4) is 0 Å². The molecule has 8 heteroatoms. The van der Waals surface area contributed by atoms with Crippen LogP contribution in [0.5, 0.6) is 11.5 Å². The van der Waals surface area contributed by atoms with E-state index in [9.17, 15) is 8.42 Å². The van der Waals surface area contributed by atoms with E-state index in [1.807, 2.05) is 13.0 Å². The second-order valence-corrected chi connectivity index (χ2v) is 10.6. The first-order valence-corrected chi connectivity index (χ1v) is 12.7. The summed E-state index contributed by atoms with van der Waals surface area (Å²) >= 11 is 0. The number of aliphatic imine (C=N–C) groups is 1. The van der Waals surface area contributed by atoms with Gasteiger partial charge in [-0.15, -0.1) is 0 Å². The second-order valence-electron chi connectivity index (χ2n) is 8.35. The number of guanidine groups is 1. The fraction of sp³-hybridized carbons (Fsp3) is 0.682. The van der Waals surface area contributed by atoms with Crippen LogP contribution >= 0.6 is 0 Å². The van der Waals surface area contributed by atoms with Gasteiger partial charge in [-0.05, 0) is 43.9 Å². The van der Waals surface area contributed by atoms with Crippen molar-refractivity contribution in [2.24, 2.45) is 4.99 Å². The van der Waals surface area contributed by atoms with E-state index >= 15 is 0 Å². The summed E-state index contributed by atoms with van der Waals surface area (Å²) in [5, 5.41) is 6.62. The predicted molar refractivity (Wildman–Crippen MR) is 120 cm³/mol. The molecule has 2 N–H and O–H groups in total. The normalized spacial score (nSPS) is 23.0. The second kappa shape index (κ2) is 9.90. The molecule has 2 aliphatic rings. The summed E-state index contributed by atoms with van der Waals surface area (Å²) in [5.41, 5.74) is 1.17. The van der Waals surface area contributed by atoms with E-state index in [2.05, 4.69) is 22.8 Å². The first-order chi connectivity index (χ1) is 14.4. The standard InChI is InChI=1S/C22H35N3O4S/c1-4-23-21(25-18-10-13-30(26,27)15-18)24-16-22(11-6-5-7-12-22)17-8-9-19(28-2)20(14-17)29-3/h8-9,14,18H,4-7,10-13,15-16H2,1-3H3,(H2,23,24,25). The van der Waals surface area contributed by atoms with Gasteiger partial charge in [0.15, 0.2) is 27.3 Å². The summed E-state index contributed by atoms with van der Waals surface area (Å²) in [5.74, 6) is 2.60. The van der Waals surface area contributed by atoms with E-state index < -0.39 is 9.84 Å². The third kappa shape index (κ3) is 5.39. The number of hydrogen-bond acceptors (Lipinski definition) is 5. The van der Waals surface area contributed by atoms with Crippen molar-refractivity contribution in [2.45, 2.75) is 56.9 Å². The zero-order valence-electron chi connectivity index (χ0n) is 18.4. The average molecular weight is 438 g/mol. The van der Waals surface area contributed by atoms with Crippen LogP contribution < -0.4 is 20.1 Å². The Bertz CT molecular complexity index is 848. The molecule has 1 aromatic carbocycles. The Morgan fingerprint density at radius 1 is 1.17 bits per heavy atom. The summed E-state index contributed by atoms with van der Waals surface area (Å²) in [4.78, 5) is 4.92. The van der Waals surface area contributed by atoms with Gasteiger partial charge in [-0.2, -0.15) is 0 Å². The molecule has 1 aliphatic heterocycles. The lowest BCUT2D eigenvalue weighted by atomic mass is 9.69. The monoisotopic (exact) mass is 437 g/mol. The van der Waals surface area contributed by atoms with Crippen LogP contribution in [0.15, 0.2) is 23.2 Å². The molecule has 0 bridgehead atoms. The van der Waals surface area contributed by atoms with E-state index in [0.29, 0.717) is 18.9 Å². The maximum atomic E-state index is 11.8. The quantitative estimate of drug-likeness (QED) is 0.504. The summed E-state index contributed by atoms with van der Waals surface area (Å²) < 4.78 is 34.6. The molecule has 1 unspecified atom stereocenters. The third-order valence-electron chi connectivity index (χ3n) is 6.26. The lowest BCUT2D eigenvalue weighted by Crippen LogP contribution is -2.45. The van der Waals surface area contributed by atoms with Gasteiger partial charge in [0.05, 0.1) is 32.3 Å². The molecule has 0 amide bonds. The van der Waals surface area contributed by atoms with Crippen LogP contribution in [0, 0.1) is 0 Å². The first-order valence-electron chi connectivity index (χ1n) is 10.9. The van der Waals surface area contributed by atoms with Crippen LogP contribution in [0.2, 0.25) is 0 Å². The number of nitrogens with one attached hydrogen (secondary N) is 2. The van der Waals surface area contributed by atoms with Gasteiger partial charge in [0, 0.05) is 18.0 Å². The highest BCUT2D eigenvalue weighted by atomic mass is 32.2. The van der Waals surface area contributed by atoms with Gasteiger partial charge >= 0.3 is 0 Å². The number of nitrogens with zero attached hydrogens (tertiary/aromatic N) is 1. The zero-order valence-corrected chi connectivity index (χ0v) is 19.2. The van der Waals surface area contributed by atoms with Crippen LogP contribution in [-0.4, -0.2) is 59.2 Å². The van der Waals surface area contributed by atoms with Gasteiger partial charge in [-0.25, -0.2) is 8.42 Å². The van der Waals surface area contributed by atoms with E-state index in [1.54, 1.807) is 14.2 Å². The molecule has 0 aromatic heterocycles. The molecule has 1 heterocycles. The molecule has 2 fully saturated rings. The summed E-state index contributed by atoms with van der Waals surface area (Å²) in [6.45, 7) is 3.40. The number of hydrogen-bond donors (Lipinski definition) is 2. The summed E-state index contributed by atoms with van der Waals surface area (Å²) in [6, 6.07) is 6.12. The van der Waals surface area contributed by atoms with E-state index in [4.69, 9.17) is 14.5 Å². The van der Waals surface area contributed by atoms with Gasteiger partial charge in [0.2, 0.25) is 0 Å². The summed E-state index contributed by atoms with van der Waals surface area (Å²) in [7, 11) is 0.380. The van der Waals surface area contributed by atoms with E-state index in [0.717, 1.165) is 30.9 Å². The maximum Gasteiger partial charge on any atom is 0.191 e. The molecule has 1 saturated carbocycles. The van der Waals surface area contributed by atoms with Crippen molar-refractivity contribution in [2.75, 3.05) is 38.8 Å². The molecule has 0 radical (unpaired) electrons. The molecule has 1 aliphatic carbocycles. The third-order valence-corrected chi connectivity index (χ3v) is 8.03. The van der Waals surface area contributed by atoms with Gasteiger partial charge in [0.25, 0.3) is 0 Å². The van der Waals surface area contributed by atoms with Crippen molar-refractivity contribution in [1.82, 2.24) is 10.6 Å². The van der Waals surface area contributed by atoms with Crippen molar-refractivity contribution >= 4 is 15.8 Å². The molecule has 7 nitrogen and oxygen atoms in total. The molecule has 30 heavy (non-hydrogen) atoms. The van der Waals surface area contributed by atoms with E-state index in [-0.39, 0.29) is 23.0 Å². The lowest BCUT2D eigenvalue weighted by molar-refractivity contribution is 0.298.